The van der Waals surface area contributed by atoms with Gasteiger partial charge in [0.05, 0.1) is 43.5 Å². The fourth-order valence-corrected chi connectivity index (χ4v) is 14.8. The van der Waals surface area contributed by atoms with E-state index in [2.05, 4.69) is 73.8 Å². The Kier molecular flexibility index (Phi) is 13.8. The van der Waals surface area contributed by atoms with Crippen molar-refractivity contribution in [2.75, 3.05) is 20.8 Å². The van der Waals surface area contributed by atoms with E-state index in [0.29, 0.717) is 47.9 Å². The summed E-state index contributed by atoms with van der Waals surface area (Å²) in [5.41, 5.74) is 3.41. The molecular formula is C53H74N4O8. The van der Waals surface area contributed by atoms with Crippen LogP contribution in [0.5, 0.6) is 0 Å². The summed E-state index contributed by atoms with van der Waals surface area (Å²) in [4.78, 5) is 69.0. The van der Waals surface area contributed by atoms with Crippen molar-refractivity contribution in [1.82, 2.24) is 20.9 Å². The average molecular weight is 895 g/mol. The number of hydrogen-bond donors (Lipinski definition) is 4. The SMILES string of the molecule is C=C(C)[C@@H]1CC[C@]2(C(=O)NCCc3cccc(C(=O)NCc4ccc(C(=O)N[C@H](CCC(=O)OC)C(=O)OC)cn4)c3)CC[C@]3(C)C(CCC4[C@@]5(C)CC[C@H](O)C(C)(C)C5CC[C@]43C)C12. The number of pyridine rings is 1. The molecule has 0 radical (unpaired) electrons. The number of hydrogen-bond acceptors (Lipinski definition) is 9. The molecule has 12 nitrogen and oxygen atoms in total. The summed E-state index contributed by atoms with van der Waals surface area (Å²) in [6, 6.07) is 9.60. The molecule has 7 rings (SSSR count). The number of amides is 3. The molecule has 12 heteroatoms. The first-order valence-electron chi connectivity index (χ1n) is 24.1. The van der Waals surface area contributed by atoms with Gasteiger partial charge in [-0.25, -0.2) is 4.79 Å². The topological polar surface area (TPSA) is 173 Å². The first kappa shape index (κ1) is 48.4. The average Bonchev–Trinajstić information content (AvgIpc) is 3.70. The van der Waals surface area contributed by atoms with Crippen molar-refractivity contribution < 1.29 is 38.6 Å². The highest BCUT2D eigenvalue weighted by atomic mass is 16.5. The summed E-state index contributed by atoms with van der Waals surface area (Å²) in [7, 11) is 2.45. The van der Waals surface area contributed by atoms with Crippen molar-refractivity contribution in [1.29, 1.82) is 0 Å². The molecule has 4 unspecified atom stereocenters. The molecular weight excluding hydrogens is 821 g/mol. The molecule has 1 aromatic carbocycles. The number of aliphatic hydroxyl groups is 1. The molecule has 2 aromatic rings. The van der Waals surface area contributed by atoms with Crippen LogP contribution in [0.1, 0.15) is 151 Å². The van der Waals surface area contributed by atoms with E-state index >= 15 is 0 Å². The second-order valence-electron chi connectivity index (χ2n) is 21.8. The van der Waals surface area contributed by atoms with Gasteiger partial charge in [-0.3, -0.25) is 24.2 Å². The van der Waals surface area contributed by atoms with E-state index in [0.717, 1.165) is 56.9 Å². The Balaban J connectivity index is 0.959. The molecule has 0 saturated heterocycles. The van der Waals surface area contributed by atoms with Gasteiger partial charge in [-0.1, -0.05) is 58.9 Å². The third-order valence-electron chi connectivity index (χ3n) is 18.6. The van der Waals surface area contributed by atoms with E-state index in [-0.39, 0.29) is 70.4 Å². The van der Waals surface area contributed by atoms with Crippen molar-refractivity contribution >= 4 is 29.7 Å². The number of benzene rings is 1. The van der Waals surface area contributed by atoms with Gasteiger partial charge < -0.3 is 30.5 Å². The second kappa shape index (κ2) is 18.6. The van der Waals surface area contributed by atoms with Crippen molar-refractivity contribution in [3.63, 3.8) is 0 Å². The third-order valence-corrected chi connectivity index (χ3v) is 18.6. The number of methoxy groups -OCH3 is 2. The molecule has 11 atom stereocenters. The van der Waals surface area contributed by atoms with Crippen LogP contribution in [0.15, 0.2) is 54.7 Å². The highest BCUT2D eigenvalue weighted by Gasteiger charge is 2.71. The van der Waals surface area contributed by atoms with E-state index in [9.17, 15) is 29.1 Å². The molecule has 5 saturated carbocycles. The fraction of sp³-hybridized carbons (Fsp3) is 0.660. The van der Waals surface area contributed by atoms with Gasteiger partial charge in [0.15, 0.2) is 0 Å². The smallest absolute Gasteiger partial charge is 0.328 e. The Morgan fingerprint density at radius 1 is 0.831 bits per heavy atom. The van der Waals surface area contributed by atoms with Crippen molar-refractivity contribution in [2.45, 2.75) is 144 Å². The normalized spacial score (nSPS) is 33.7. The predicted octanol–water partition coefficient (Wildman–Crippen LogP) is 7.91. The molecule has 0 aliphatic heterocycles. The van der Waals surface area contributed by atoms with Crippen molar-refractivity contribution in [2.24, 2.45) is 56.7 Å². The first-order chi connectivity index (χ1) is 30.7. The van der Waals surface area contributed by atoms with E-state index in [1.54, 1.807) is 18.2 Å². The maximum atomic E-state index is 14.8. The molecule has 5 fully saturated rings. The Morgan fingerprint density at radius 3 is 2.29 bits per heavy atom. The quantitative estimate of drug-likeness (QED) is 0.109. The number of carbonyl (C=O) groups excluding carboxylic acids is 5. The zero-order valence-corrected chi connectivity index (χ0v) is 40.1. The Hall–Kier alpha value is -4.58. The molecule has 65 heavy (non-hydrogen) atoms. The zero-order valence-electron chi connectivity index (χ0n) is 40.1. The number of rotatable bonds is 14. The van der Waals surface area contributed by atoms with Crippen LogP contribution >= 0.6 is 0 Å². The molecule has 5 aliphatic carbocycles. The lowest BCUT2D eigenvalue weighted by atomic mass is 9.32. The fourth-order valence-electron chi connectivity index (χ4n) is 14.8. The molecule has 354 valence electrons. The molecule has 5 aliphatic rings. The summed E-state index contributed by atoms with van der Waals surface area (Å²) in [5.74, 6) is 0.344. The van der Waals surface area contributed by atoms with Gasteiger partial charge in [-0.15, -0.1) is 0 Å². The lowest BCUT2D eigenvalue weighted by Crippen LogP contribution is -2.67. The van der Waals surface area contributed by atoms with Crippen LogP contribution in [0, 0.1) is 56.7 Å². The van der Waals surface area contributed by atoms with Gasteiger partial charge in [-0.05, 0) is 165 Å². The summed E-state index contributed by atoms with van der Waals surface area (Å²) in [6.45, 7) is 19.7. The Bertz CT molecular complexity index is 2160. The van der Waals surface area contributed by atoms with Crippen LogP contribution in [0.25, 0.3) is 0 Å². The van der Waals surface area contributed by atoms with E-state index in [1.165, 1.54) is 38.8 Å². The molecule has 1 heterocycles. The lowest BCUT2D eigenvalue weighted by Gasteiger charge is -2.72. The summed E-state index contributed by atoms with van der Waals surface area (Å²) >= 11 is 0. The van der Waals surface area contributed by atoms with Crippen LogP contribution in [0.4, 0.5) is 0 Å². The number of fused-ring (bicyclic) bond motifs is 7. The highest BCUT2D eigenvalue weighted by Crippen LogP contribution is 2.77. The van der Waals surface area contributed by atoms with Crippen LogP contribution in [-0.4, -0.2) is 72.7 Å². The van der Waals surface area contributed by atoms with Gasteiger partial charge >= 0.3 is 11.9 Å². The minimum absolute atomic E-state index is 0.0173. The molecule has 0 spiro atoms. The number of esters is 2. The van der Waals surface area contributed by atoms with Gasteiger partial charge in [0.25, 0.3) is 11.8 Å². The monoisotopic (exact) mass is 895 g/mol. The van der Waals surface area contributed by atoms with Crippen LogP contribution in [0.2, 0.25) is 0 Å². The summed E-state index contributed by atoms with van der Waals surface area (Å²) < 4.78 is 9.41. The summed E-state index contributed by atoms with van der Waals surface area (Å²) in [6.07, 6.45) is 12.2. The minimum atomic E-state index is -1.04. The van der Waals surface area contributed by atoms with Gasteiger partial charge in [0.2, 0.25) is 5.91 Å². The van der Waals surface area contributed by atoms with Crippen LogP contribution in [0.3, 0.4) is 0 Å². The maximum absolute atomic E-state index is 14.8. The van der Waals surface area contributed by atoms with Gasteiger partial charge in [0.1, 0.15) is 6.04 Å². The van der Waals surface area contributed by atoms with Crippen molar-refractivity contribution in [3.05, 3.63) is 77.1 Å². The van der Waals surface area contributed by atoms with E-state index < -0.39 is 29.3 Å². The summed E-state index contributed by atoms with van der Waals surface area (Å²) in [5, 5.41) is 20.1. The van der Waals surface area contributed by atoms with E-state index in [1.807, 2.05) is 18.2 Å². The molecule has 3 amide bonds. The van der Waals surface area contributed by atoms with E-state index in [4.69, 9.17) is 4.74 Å². The van der Waals surface area contributed by atoms with Crippen LogP contribution < -0.4 is 16.0 Å². The number of ether oxygens (including phenoxy) is 2. The maximum Gasteiger partial charge on any atom is 0.328 e. The number of allylic oxidation sites excluding steroid dienone is 1. The Morgan fingerprint density at radius 2 is 1.60 bits per heavy atom. The molecule has 1 aromatic heterocycles. The number of carbonyl (C=O) groups is 5. The highest BCUT2D eigenvalue weighted by molar-refractivity contribution is 5.97. The minimum Gasteiger partial charge on any atom is -0.469 e. The predicted molar refractivity (Wildman–Crippen MR) is 248 cm³/mol. The largest absolute Gasteiger partial charge is 0.469 e. The first-order valence-corrected chi connectivity index (χ1v) is 24.1. The third kappa shape index (κ3) is 8.66. The zero-order chi connectivity index (χ0) is 47.1. The molecule has 0 bridgehead atoms. The standard InChI is InChI=1S/C53H74N4O8/c1-32(2)37-19-25-53(27-26-51(6)38(44(37)53)15-17-41-50(5)23-21-42(58)49(3,4)40(50)20-24-52(41,51)7)48(63)54-28-22-33-11-10-12-34(29-33)45(60)56-31-36-14-13-35(30-55-36)46(61)57-39(47(62)65-9)16-18-43(59)64-8/h10-14,29-30,37-42,44,58H,1,15-28,31H2,2-9H3,(H,54,63)(H,56,60)(H,57,61)/t37-,38?,39+,40?,41?,42-,44?,50-,51+,52+,53-/m0/s1. The van der Waals surface area contributed by atoms with Gasteiger partial charge in [-0.2, -0.15) is 0 Å². The number of nitrogens with zero attached hydrogens (tertiary/aromatic N) is 1. The Labute approximate surface area is 386 Å². The van der Waals surface area contributed by atoms with Gasteiger partial charge in [0, 0.05) is 24.7 Å². The number of aliphatic hydroxyl groups excluding tert-OH is 1. The van der Waals surface area contributed by atoms with Crippen molar-refractivity contribution in [3.8, 4) is 0 Å². The lowest BCUT2D eigenvalue weighted by molar-refractivity contribution is -0.246. The second-order valence-corrected chi connectivity index (χ2v) is 21.8. The van der Waals surface area contributed by atoms with Crippen LogP contribution in [-0.2, 0) is 36.8 Å². The molecule has 4 N–H and O–H groups in total. The number of nitrogens with one attached hydrogen (secondary N) is 3. The number of aromatic nitrogens is 1.